The molecule has 0 radical (unpaired) electrons. The first kappa shape index (κ1) is 22.6. The Bertz CT molecular complexity index is 743. The van der Waals surface area contributed by atoms with Crippen LogP contribution in [0.2, 0.25) is 0 Å². The number of aliphatic hydroxyl groups excluding tert-OH is 1. The van der Waals surface area contributed by atoms with Gasteiger partial charge in [0.2, 0.25) is 0 Å². The highest BCUT2D eigenvalue weighted by molar-refractivity contribution is 8.00. The van der Waals surface area contributed by atoms with E-state index in [0.717, 1.165) is 35.3 Å². The molecule has 0 spiro atoms. The van der Waals surface area contributed by atoms with E-state index in [0.29, 0.717) is 17.6 Å². The molecule has 0 fully saturated rings. The fourth-order valence-electron chi connectivity index (χ4n) is 3.08. The summed E-state index contributed by atoms with van der Waals surface area (Å²) in [7, 11) is 1.62. The van der Waals surface area contributed by atoms with Crippen molar-refractivity contribution in [2.45, 2.75) is 57.3 Å². The molecule has 0 aromatic heterocycles. The minimum absolute atomic E-state index is 0.312. The van der Waals surface area contributed by atoms with E-state index >= 15 is 0 Å². The van der Waals surface area contributed by atoms with Crippen LogP contribution in [0.25, 0.3) is 0 Å². The van der Waals surface area contributed by atoms with Crippen molar-refractivity contribution in [3.63, 3.8) is 0 Å². The summed E-state index contributed by atoms with van der Waals surface area (Å²) in [6, 6.07) is 12.2. The van der Waals surface area contributed by atoms with E-state index in [-0.39, 0.29) is 0 Å². The lowest BCUT2D eigenvalue weighted by atomic mass is 9.96. The zero-order chi connectivity index (χ0) is 20.7. The van der Waals surface area contributed by atoms with Gasteiger partial charge in [0, 0.05) is 10.8 Å². The number of benzene rings is 2. The van der Waals surface area contributed by atoms with Gasteiger partial charge in [-0.3, -0.25) is 0 Å². The minimum Gasteiger partial charge on any atom is -0.496 e. The highest BCUT2D eigenvalue weighted by Crippen LogP contribution is 2.41. The normalized spacial score (nSPS) is 13.4. The van der Waals surface area contributed by atoms with Gasteiger partial charge in [-0.25, -0.2) is 0 Å². The molecule has 28 heavy (non-hydrogen) atoms. The Morgan fingerprint density at radius 1 is 1.07 bits per heavy atom. The molecule has 2 unspecified atom stereocenters. The van der Waals surface area contributed by atoms with Gasteiger partial charge >= 0.3 is 0 Å². The third kappa shape index (κ3) is 5.90. The van der Waals surface area contributed by atoms with E-state index in [2.05, 4.69) is 39.0 Å². The van der Waals surface area contributed by atoms with Gasteiger partial charge in [-0.2, -0.15) is 0 Å². The van der Waals surface area contributed by atoms with Gasteiger partial charge in [0.1, 0.15) is 11.5 Å². The molecule has 0 heterocycles. The van der Waals surface area contributed by atoms with Crippen molar-refractivity contribution in [1.82, 2.24) is 0 Å². The van der Waals surface area contributed by atoms with Crippen LogP contribution >= 0.6 is 11.8 Å². The highest BCUT2D eigenvalue weighted by Gasteiger charge is 2.26. The molecule has 0 amide bonds. The van der Waals surface area contributed by atoms with Crippen molar-refractivity contribution in [1.29, 1.82) is 0 Å². The molecule has 0 aliphatic rings. The van der Waals surface area contributed by atoms with E-state index in [1.807, 2.05) is 25.1 Å². The van der Waals surface area contributed by atoms with Crippen LogP contribution < -0.4 is 9.47 Å². The Hall–Kier alpha value is -1.69. The van der Waals surface area contributed by atoms with Crippen molar-refractivity contribution >= 4 is 11.8 Å². The molecule has 0 aliphatic carbocycles. The summed E-state index contributed by atoms with van der Waals surface area (Å²) < 4.78 is 11.1. The van der Waals surface area contributed by atoms with Crippen LogP contribution in [0.4, 0.5) is 0 Å². The molecule has 0 bridgehead atoms. The van der Waals surface area contributed by atoms with Gasteiger partial charge in [-0.15, -0.1) is 11.8 Å². The van der Waals surface area contributed by atoms with Crippen molar-refractivity contribution in [2.75, 3.05) is 13.7 Å². The van der Waals surface area contributed by atoms with E-state index in [1.54, 1.807) is 18.9 Å². The summed E-state index contributed by atoms with van der Waals surface area (Å²) >= 11 is 1.57. The molecule has 0 aliphatic heterocycles. The molecule has 0 saturated carbocycles. The molecule has 154 valence electrons. The zero-order valence-electron chi connectivity index (χ0n) is 17.4. The molecular weight excluding hydrogens is 372 g/mol. The SMILES string of the molecule is CCOc1ccc(Cc2cc(C(SC(C)CC)C(O)O)c(OC)cc2C)cc1. The van der Waals surface area contributed by atoms with E-state index in [4.69, 9.17) is 9.47 Å². The number of ether oxygens (including phenoxy) is 2. The van der Waals surface area contributed by atoms with Crippen LogP contribution in [0.1, 0.15) is 54.7 Å². The standard InChI is InChI=1S/C23H32O4S/c1-6-16(4)28-22(23(24)25)20-14-18(15(3)12-21(20)26-5)13-17-8-10-19(11-9-17)27-7-2/h8-12,14,16,22-25H,6-7,13H2,1-5H3. The van der Waals surface area contributed by atoms with Gasteiger partial charge in [0.15, 0.2) is 6.29 Å². The Labute approximate surface area is 172 Å². The molecular formula is C23H32O4S. The van der Waals surface area contributed by atoms with Crippen molar-refractivity contribution in [3.8, 4) is 11.5 Å². The maximum atomic E-state index is 10.0. The number of rotatable bonds is 10. The second kappa shape index (κ2) is 10.7. The van der Waals surface area contributed by atoms with Crippen molar-refractivity contribution in [2.24, 2.45) is 0 Å². The Kier molecular flexibility index (Phi) is 8.67. The van der Waals surface area contributed by atoms with Crippen LogP contribution in [-0.2, 0) is 6.42 Å². The molecule has 5 heteroatoms. The van der Waals surface area contributed by atoms with Crippen LogP contribution in [0.15, 0.2) is 36.4 Å². The molecule has 2 aromatic rings. The molecule has 2 atom stereocenters. The molecule has 2 rings (SSSR count). The maximum Gasteiger partial charge on any atom is 0.167 e. The quantitative estimate of drug-likeness (QED) is 0.553. The number of hydrogen-bond acceptors (Lipinski definition) is 5. The zero-order valence-corrected chi connectivity index (χ0v) is 18.3. The van der Waals surface area contributed by atoms with Gasteiger partial charge in [0.05, 0.1) is 19.0 Å². The molecule has 2 aromatic carbocycles. The summed E-state index contributed by atoms with van der Waals surface area (Å²) in [5, 5.41) is 19.9. The van der Waals surface area contributed by atoms with Crippen molar-refractivity contribution < 1.29 is 19.7 Å². The third-order valence-corrected chi connectivity index (χ3v) is 6.44. The lowest BCUT2D eigenvalue weighted by molar-refractivity contribution is -0.0410. The largest absolute Gasteiger partial charge is 0.496 e. The molecule has 2 N–H and O–H groups in total. The first-order valence-electron chi connectivity index (χ1n) is 9.80. The van der Waals surface area contributed by atoms with Crippen LogP contribution in [0.3, 0.4) is 0 Å². The summed E-state index contributed by atoms with van der Waals surface area (Å²) in [4.78, 5) is 0. The number of methoxy groups -OCH3 is 1. The Balaban J connectivity index is 2.36. The highest BCUT2D eigenvalue weighted by atomic mass is 32.2. The Morgan fingerprint density at radius 3 is 2.29 bits per heavy atom. The average molecular weight is 405 g/mol. The summed E-state index contributed by atoms with van der Waals surface area (Å²) in [6.45, 7) is 8.88. The topological polar surface area (TPSA) is 58.9 Å². The minimum atomic E-state index is -1.45. The van der Waals surface area contributed by atoms with Gasteiger partial charge in [-0.05, 0) is 61.6 Å². The fraction of sp³-hybridized carbons (Fsp3) is 0.478. The summed E-state index contributed by atoms with van der Waals surface area (Å²) in [5.74, 6) is 1.56. The Morgan fingerprint density at radius 2 is 1.75 bits per heavy atom. The number of thioether (sulfide) groups is 1. The number of aliphatic hydroxyl groups is 2. The second-order valence-electron chi connectivity index (χ2n) is 6.96. The van der Waals surface area contributed by atoms with E-state index < -0.39 is 11.5 Å². The van der Waals surface area contributed by atoms with Crippen LogP contribution in [-0.4, -0.2) is 35.5 Å². The summed E-state index contributed by atoms with van der Waals surface area (Å²) in [5.41, 5.74) is 4.28. The predicted octanol–water partition coefficient (Wildman–Crippen LogP) is 4.88. The van der Waals surface area contributed by atoms with Gasteiger partial charge in [-0.1, -0.05) is 32.0 Å². The van der Waals surface area contributed by atoms with E-state index in [1.165, 1.54) is 5.56 Å². The fourth-order valence-corrected chi connectivity index (χ4v) is 4.24. The van der Waals surface area contributed by atoms with Gasteiger partial charge in [0.25, 0.3) is 0 Å². The predicted molar refractivity (Wildman–Crippen MR) is 116 cm³/mol. The summed E-state index contributed by atoms with van der Waals surface area (Å²) in [6.07, 6.45) is 0.271. The van der Waals surface area contributed by atoms with Gasteiger partial charge < -0.3 is 19.7 Å². The lowest BCUT2D eigenvalue weighted by Crippen LogP contribution is -2.18. The van der Waals surface area contributed by atoms with Crippen LogP contribution in [0, 0.1) is 6.92 Å². The van der Waals surface area contributed by atoms with Crippen molar-refractivity contribution in [3.05, 3.63) is 58.7 Å². The number of hydrogen-bond donors (Lipinski definition) is 2. The lowest BCUT2D eigenvalue weighted by Gasteiger charge is -2.25. The second-order valence-corrected chi connectivity index (χ2v) is 8.55. The first-order valence-corrected chi connectivity index (χ1v) is 10.7. The smallest absolute Gasteiger partial charge is 0.167 e. The molecule has 4 nitrogen and oxygen atoms in total. The molecule has 0 saturated heterocycles. The van der Waals surface area contributed by atoms with Crippen LogP contribution in [0.5, 0.6) is 11.5 Å². The number of aryl methyl sites for hydroxylation is 1. The first-order chi connectivity index (χ1) is 13.4. The third-order valence-electron chi connectivity index (χ3n) is 4.85. The monoisotopic (exact) mass is 404 g/mol. The maximum absolute atomic E-state index is 10.0. The van der Waals surface area contributed by atoms with E-state index in [9.17, 15) is 10.2 Å². The average Bonchev–Trinajstić information content (AvgIpc) is 2.68.